The second kappa shape index (κ2) is 7.66. The summed E-state index contributed by atoms with van der Waals surface area (Å²) in [5.74, 6) is -0.644. The number of nitrogens with two attached hydrogens (primary N) is 1. The van der Waals surface area contributed by atoms with Gasteiger partial charge in [0.2, 0.25) is 0 Å². The van der Waals surface area contributed by atoms with Crippen molar-refractivity contribution in [3.05, 3.63) is 64.3 Å². The third kappa shape index (κ3) is 4.03. The van der Waals surface area contributed by atoms with Crippen molar-refractivity contribution in [3.8, 4) is 0 Å². The van der Waals surface area contributed by atoms with Crippen LogP contribution in [0.3, 0.4) is 0 Å². The van der Waals surface area contributed by atoms with E-state index in [9.17, 15) is 35.5 Å². The Morgan fingerprint density at radius 1 is 0.935 bits per heavy atom. The minimum absolute atomic E-state index is 0.0120. The Bertz CT molecular complexity index is 1150. The summed E-state index contributed by atoms with van der Waals surface area (Å²) in [6.07, 6.45) is -12.6. The van der Waals surface area contributed by atoms with Crippen LogP contribution in [0.4, 0.5) is 42.1 Å². The van der Waals surface area contributed by atoms with Crippen molar-refractivity contribution in [2.75, 3.05) is 11.1 Å². The topological polar surface area (TPSA) is 68.0 Å². The quantitative estimate of drug-likeness (QED) is 0.330. The maximum absolute atomic E-state index is 14.3. The highest BCUT2D eigenvalue weighted by Crippen LogP contribution is 2.53. The molecule has 0 atom stereocenters. The van der Waals surface area contributed by atoms with E-state index in [0.717, 1.165) is 12.1 Å². The minimum atomic E-state index is -6.29. The molecule has 3 aromatic rings. The first-order valence-corrected chi connectivity index (χ1v) is 9.14. The van der Waals surface area contributed by atoms with Crippen LogP contribution in [-0.4, -0.2) is 23.2 Å². The lowest BCUT2D eigenvalue weighted by Crippen LogP contribution is -2.50. The maximum atomic E-state index is 14.3. The molecule has 2 aromatic carbocycles. The molecule has 0 unspecified atom stereocenters. The molecule has 0 aliphatic heterocycles. The number of anilines is 2. The molecule has 0 saturated carbocycles. The second-order valence-electron chi connectivity index (χ2n) is 6.42. The van der Waals surface area contributed by atoms with Gasteiger partial charge in [-0.3, -0.25) is 4.79 Å². The molecule has 164 valence electrons. The van der Waals surface area contributed by atoms with E-state index in [1.807, 2.05) is 0 Å². The van der Waals surface area contributed by atoms with Gasteiger partial charge in [-0.05, 0) is 58.4 Å². The van der Waals surface area contributed by atoms with E-state index in [4.69, 9.17) is 5.73 Å². The lowest BCUT2D eigenvalue weighted by atomic mass is 9.98. The number of alkyl halides is 7. The molecule has 4 nitrogen and oxygen atoms in total. The van der Waals surface area contributed by atoms with Gasteiger partial charge in [0.25, 0.3) is 5.91 Å². The fourth-order valence-electron chi connectivity index (χ4n) is 2.81. The molecule has 0 saturated heterocycles. The number of rotatable bonds is 3. The van der Waals surface area contributed by atoms with Crippen molar-refractivity contribution in [2.24, 2.45) is 0 Å². The summed E-state index contributed by atoms with van der Waals surface area (Å²) >= 11 is 3.15. The molecular formula is C19H11BrF7N3O. The van der Waals surface area contributed by atoms with Gasteiger partial charge in [-0.1, -0.05) is 6.07 Å². The van der Waals surface area contributed by atoms with E-state index >= 15 is 0 Å². The first-order chi connectivity index (χ1) is 14.3. The lowest BCUT2D eigenvalue weighted by Gasteiger charge is -2.29. The Kier molecular flexibility index (Phi) is 5.63. The zero-order valence-corrected chi connectivity index (χ0v) is 16.7. The van der Waals surface area contributed by atoms with E-state index in [1.165, 1.54) is 24.3 Å². The predicted octanol–water partition coefficient (Wildman–Crippen LogP) is 6.12. The second-order valence-corrected chi connectivity index (χ2v) is 7.27. The number of carbonyl (C=O) groups excluding carboxylic acids is 1. The van der Waals surface area contributed by atoms with Crippen LogP contribution in [0.2, 0.25) is 0 Å². The van der Waals surface area contributed by atoms with Crippen LogP contribution >= 0.6 is 15.9 Å². The third-order valence-electron chi connectivity index (χ3n) is 4.34. The Balaban J connectivity index is 2.11. The number of benzene rings is 2. The normalized spacial score (nSPS) is 12.8. The molecule has 0 bridgehead atoms. The molecule has 0 spiro atoms. The monoisotopic (exact) mass is 509 g/mol. The van der Waals surface area contributed by atoms with E-state index < -0.39 is 29.6 Å². The summed E-state index contributed by atoms with van der Waals surface area (Å²) < 4.78 is 92.7. The molecule has 0 fully saturated rings. The van der Waals surface area contributed by atoms with Crippen LogP contribution in [0, 0.1) is 0 Å². The SMILES string of the molecule is Nc1cccc(C(=O)Nc2c(Br)ccc3nc(C(F)(C(F)(F)F)C(F)(F)F)ccc23)c1. The van der Waals surface area contributed by atoms with Crippen LogP contribution < -0.4 is 11.1 Å². The summed E-state index contributed by atoms with van der Waals surface area (Å²) in [5, 5.41) is 2.48. The molecule has 3 N–H and O–H groups in total. The number of pyridine rings is 1. The van der Waals surface area contributed by atoms with Crippen molar-refractivity contribution in [1.82, 2.24) is 4.98 Å². The Labute approximate surface area is 178 Å². The number of fused-ring (bicyclic) bond motifs is 1. The van der Waals surface area contributed by atoms with Gasteiger partial charge in [-0.25, -0.2) is 9.37 Å². The molecule has 0 radical (unpaired) electrons. The Morgan fingerprint density at radius 3 is 2.16 bits per heavy atom. The molecule has 3 rings (SSSR count). The highest BCUT2D eigenvalue weighted by atomic mass is 79.9. The van der Waals surface area contributed by atoms with Gasteiger partial charge in [0, 0.05) is 21.1 Å². The summed E-state index contributed by atoms with van der Waals surface area (Å²) in [5.41, 5.74) is -1.82. The van der Waals surface area contributed by atoms with E-state index in [-0.39, 0.29) is 32.7 Å². The molecule has 1 heterocycles. The highest BCUT2D eigenvalue weighted by molar-refractivity contribution is 9.10. The highest BCUT2D eigenvalue weighted by Gasteiger charge is 2.74. The number of amides is 1. The van der Waals surface area contributed by atoms with Gasteiger partial charge < -0.3 is 11.1 Å². The van der Waals surface area contributed by atoms with Crippen molar-refractivity contribution < 1.29 is 35.5 Å². The van der Waals surface area contributed by atoms with Gasteiger partial charge in [-0.2, -0.15) is 26.3 Å². The van der Waals surface area contributed by atoms with Gasteiger partial charge in [-0.15, -0.1) is 0 Å². The molecule has 0 aliphatic rings. The first kappa shape index (κ1) is 22.8. The molecule has 31 heavy (non-hydrogen) atoms. The average molecular weight is 510 g/mol. The lowest BCUT2D eigenvalue weighted by molar-refractivity contribution is -0.349. The summed E-state index contributed by atoms with van der Waals surface area (Å²) in [6, 6.07) is 9.32. The third-order valence-corrected chi connectivity index (χ3v) is 5.00. The van der Waals surface area contributed by atoms with Crippen LogP contribution in [0.25, 0.3) is 10.9 Å². The fraction of sp³-hybridized carbons (Fsp3) is 0.158. The van der Waals surface area contributed by atoms with Gasteiger partial charge in [0.05, 0.1) is 16.9 Å². The summed E-state index contributed by atoms with van der Waals surface area (Å²) in [4.78, 5) is 15.8. The smallest absolute Gasteiger partial charge is 0.399 e. The maximum Gasteiger partial charge on any atom is 0.437 e. The summed E-state index contributed by atoms with van der Waals surface area (Å²) in [7, 11) is 0. The Hall–Kier alpha value is -2.89. The van der Waals surface area contributed by atoms with Crippen molar-refractivity contribution in [3.63, 3.8) is 0 Å². The van der Waals surface area contributed by atoms with Gasteiger partial charge in [0.15, 0.2) is 0 Å². The van der Waals surface area contributed by atoms with Crippen LogP contribution in [0.1, 0.15) is 16.1 Å². The zero-order chi connectivity index (χ0) is 23.2. The number of hydrogen-bond acceptors (Lipinski definition) is 3. The van der Waals surface area contributed by atoms with Crippen molar-refractivity contribution in [2.45, 2.75) is 18.0 Å². The van der Waals surface area contributed by atoms with Gasteiger partial charge >= 0.3 is 18.0 Å². The predicted molar refractivity (Wildman–Crippen MR) is 103 cm³/mol. The average Bonchev–Trinajstić information content (AvgIpc) is 2.67. The molecule has 1 aromatic heterocycles. The van der Waals surface area contributed by atoms with Crippen molar-refractivity contribution in [1.29, 1.82) is 0 Å². The van der Waals surface area contributed by atoms with E-state index in [0.29, 0.717) is 5.69 Å². The van der Waals surface area contributed by atoms with Crippen LogP contribution in [-0.2, 0) is 5.67 Å². The number of aromatic nitrogens is 1. The number of carbonyl (C=O) groups is 1. The number of nitrogen functional groups attached to an aromatic ring is 1. The number of halogens is 8. The van der Waals surface area contributed by atoms with E-state index in [1.54, 1.807) is 6.07 Å². The fourth-order valence-corrected chi connectivity index (χ4v) is 3.26. The standard InChI is InChI=1S/C19H11BrF7N3O/c20-12-5-6-13-11(15(12)30-16(31)9-2-1-3-10(28)8-9)4-7-14(29-13)17(21,18(22,23)24)19(25,26)27/h1-8H,28H2,(H,30,31). The van der Waals surface area contributed by atoms with Gasteiger partial charge in [0.1, 0.15) is 0 Å². The number of hydrogen-bond donors (Lipinski definition) is 2. The minimum Gasteiger partial charge on any atom is -0.399 e. The molecule has 12 heteroatoms. The zero-order valence-electron chi connectivity index (χ0n) is 15.1. The number of nitrogens with one attached hydrogen (secondary N) is 1. The van der Waals surface area contributed by atoms with Crippen LogP contribution in [0.5, 0.6) is 0 Å². The number of nitrogens with zero attached hydrogens (tertiary/aromatic N) is 1. The Morgan fingerprint density at radius 2 is 1.58 bits per heavy atom. The van der Waals surface area contributed by atoms with Crippen LogP contribution in [0.15, 0.2) is 53.0 Å². The first-order valence-electron chi connectivity index (χ1n) is 8.34. The molecule has 1 amide bonds. The molecular weight excluding hydrogens is 499 g/mol. The molecule has 0 aliphatic carbocycles. The largest absolute Gasteiger partial charge is 0.437 e. The van der Waals surface area contributed by atoms with Crippen molar-refractivity contribution >= 4 is 44.1 Å². The summed E-state index contributed by atoms with van der Waals surface area (Å²) in [6.45, 7) is 0. The van der Waals surface area contributed by atoms with E-state index in [2.05, 4.69) is 26.2 Å².